The summed E-state index contributed by atoms with van der Waals surface area (Å²) in [4.78, 5) is 0. The van der Waals surface area contributed by atoms with E-state index in [0.717, 1.165) is 24.8 Å². The lowest BCUT2D eigenvalue weighted by molar-refractivity contribution is 0.376. The lowest BCUT2D eigenvalue weighted by Crippen LogP contribution is -2.12. The fourth-order valence-corrected chi connectivity index (χ4v) is 1.61. The van der Waals surface area contributed by atoms with Gasteiger partial charge in [0.25, 0.3) is 0 Å². The van der Waals surface area contributed by atoms with E-state index in [1.165, 1.54) is 13.2 Å². The quantitative estimate of drug-likeness (QED) is 0.865. The normalized spacial score (nSPS) is 11.8. The molecule has 0 aliphatic carbocycles. The van der Waals surface area contributed by atoms with Gasteiger partial charge in [-0.15, -0.1) is 12.4 Å². The molecule has 4 heteroatoms. The molecular formula is C12H19ClFNO. The van der Waals surface area contributed by atoms with Gasteiger partial charge in [0, 0.05) is 11.6 Å². The van der Waals surface area contributed by atoms with Crippen molar-refractivity contribution in [2.24, 2.45) is 5.73 Å². The molecule has 0 saturated heterocycles. The molecule has 0 amide bonds. The van der Waals surface area contributed by atoms with Crippen LogP contribution in [-0.2, 0) is 0 Å². The van der Waals surface area contributed by atoms with E-state index in [-0.39, 0.29) is 30.0 Å². The van der Waals surface area contributed by atoms with Crippen LogP contribution in [0.3, 0.4) is 0 Å². The molecule has 2 nitrogen and oxygen atoms in total. The first-order chi connectivity index (χ1) is 7.20. The highest BCUT2D eigenvalue weighted by molar-refractivity contribution is 5.85. The highest BCUT2D eigenvalue weighted by Crippen LogP contribution is 2.29. The summed E-state index contributed by atoms with van der Waals surface area (Å²) in [6.45, 7) is 2.11. The van der Waals surface area contributed by atoms with Crippen LogP contribution in [0.15, 0.2) is 18.2 Å². The van der Waals surface area contributed by atoms with Gasteiger partial charge in [-0.3, -0.25) is 0 Å². The first-order valence-electron chi connectivity index (χ1n) is 5.28. The summed E-state index contributed by atoms with van der Waals surface area (Å²) in [6.07, 6.45) is 2.99. The van der Waals surface area contributed by atoms with Gasteiger partial charge in [-0.05, 0) is 12.5 Å². The van der Waals surface area contributed by atoms with Gasteiger partial charge >= 0.3 is 0 Å². The molecule has 92 valence electrons. The number of benzene rings is 1. The van der Waals surface area contributed by atoms with Crippen LogP contribution in [0, 0.1) is 5.82 Å². The molecule has 1 aromatic rings. The number of para-hydroxylation sites is 1. The Kier molecular flexibility index (Phi) is 7.10. The molecule has 0 radical (unpaired) electrons. The van der Waals surface area contributed by atoms with Gasteiger partial charge in [0.2, 0.25) is 0 Å². The van der Waals surface area contributed by atoms with E-state index in [9.17, 15) is 4.39 Å². The first kappa shape index (κ1) is 15.2. The number of unbranched alkanes of at least 4 members (excludes halogenated alkanes) is 1. The molecule has 0 heterocycles. The summed E-state index contributed by atoms with van der Waals surface area (Å²) in [5.74, 6) is -0.0666. The Bertz CT molecular complexity index is 320. The number of nitrogens with two attached hydrogens (primary N) is 1. The summed E-state index contributed by atoms with van der Waals surface area (Å²) in [5, 5.41) is 0. The van der Waals surface area contributed by atoms with Crippen molar-refractivity contribution in [3.63, 3.8) is 0 Å². The molecule has 2 N–H and O–H groups in total. The molecule has 16 heavy (non-hydrogen) atoms. The molecule has 0 unspecified atom stereocenters. The first-order valence-corrected chi connectivity index (χ1v) is 5.28. The fraction of sp³-hybridized carbons (Fsp3) is 0.500. The SMILES string of the molecule is CCCC[C@@H](N)c1cccc(F)c1OC.Cl. The van der Waals surface area contributed by atoms with Gasteiger partial charge < -0.3 is 10.5 Å². The Morgan fingerprint density at radius 1 is 1.44 bits per heavy atom. The maximum Gasteiger partial charge on any atom is 0.165 e. The van der Waals surface area contributed by atoms with Crippen LogP contribution in [0.1, 0.15) is 37.8 Å². The molecule has 0 saturated carbocycles. The third-order valence-electron chi connectivity index (χ3n) is 2.47. The maximum absolute atomic E-state index is 13.4. The average Bonchev–Trinajstić information content (AvgIpc) is 2.25. The topological polar surface area (TPSA) is 35.2 Å². The van der Waals surface area contributed by atoms with Gasteiger partial charge in [0.05, 0.1) is 7.11 Å². The molecule has 0 aliphatic rings. The summed E-state index contributed by atoms with van der Waals surface area (Å²) >= 11 is 0. The molecule has 0 fully saturated rings. The van der Waals surface area contributed by atoms with Crippen LogP contribution in [-0.4, -0.2) is 7.11 Å². The second-order valence-corrected chi connectivity index (χ2v) is 3.61. The smallest absolute Gasteiger partial charge is 0.165 e. The fourth-order valence-electron chi connectivity index (χ4n) is 1.61. The van der Waals surface area contributed by atoms with Crippen LogP contribution in [0.5, 0.6) is 5.75 Å². The Morgan fingerprint density at radius 2 is 2.12 bits per heavy atom. The van der Waals surface area contributed by atoms with Crippen LogP contribution >= 0.6 is 12.4 Å². The zero-order chi connectivity index (χ0) is 11.3. The van der Waals surface area contributed by atoms with Crippen molar-refractivity contribution in [3.8, 4) is 5.75 Å². The van der Waals surface area contributed by atoms with E-state index in [4.69, 9.17) is 10.5 Å². The number of ether oxygens (including phenoxy) is 1. The standard InChI is InChI=1S/C12H18FNO.ClH/c1-3-4-8-11(14)9-6-5-7-10(13)12(9)15-2;/h5-7,11H,3-4,8,14H2,1-2H3;1H/t11-;/m1./s1. The lowest BCUT2D eigenvalue weighted by atomic mass is 10.0. The van der Waals surface area contributed by atoms with Crippen molar-refractivity contribution in [2.75, 3.05) is 7.11 Å². The van der Waals surface area contributed by atoms with Gasteiger partial charge in [0.1, 0.15) is 0 Å². The summed E-state index contributed by atoms with van der Waals surface area (Å²) < 4.78 is 18.4. The van der Waals surface area contributed by atoms with Gasteiger partial charge in [0.15, 0.2) is 11.6 Å². The van der Waals surface area contributed by atoms with Crippen LogP contribution in [0.4, 0.5) is 4.39 Å². The third kappa shape index (κ3) is 3.65. The Hall–Kier alpha value is -0.800. The minimum atomic E-state index is -0.345. The van der Waals surface area contributed by atoms with E-state index in [0.29, 0.717) is 0 Å². The molecule has 1 rings (SSSR count). The van der Waals surface area contributed by atoms with Crippen LogP contribution < -0.4 is 10.5 Å². The van der Waals surface area contributed by atoms with Crippen molar-refractivity contribution < 1.29 is 9.13 Å². The average molecular weight is 248 g/mol. The van der Waals surface area contributed by atoms with Gasteiger partial charge in [-0.25, -0.2) is 4.39 Å². The largest absolute Gasteiger partial charge is 0.493 e. The summed E-state index contributed by atoms with van der Waals surface area (Å²) in [5.41, 5.74) is 6.74. The van der Waals surface area contributed by atoms with Gasteiger partial charge in [-0.2, -0.15) is 0 Å². The lowest BCUT2D eigenvalue weighted by Gasteiger charge is -2.15. The highest BCUT2D eigenvalue weighted by Gasteiger charge is 2.14. The van der Waals surface area contributed by atoms with Crippen molar-refractivity contribution in [3.05, 3.63) is 29.6 Å². The van der Waals surface area contributed by atoms with Crippen molar-refractivity contribution >= 4 is 12.4 Å². The monoisotopic (exact) mass is 247 g/mol. The van der Waals surface area contributed by atoms with E-state index in [1.54, 1.807) is 6.07 Å². The van der Waals surface area contributed by atoms with Crippen LogP contribution in [0.25, 0.3) is 0 Å². The van der Waals surface area contributed by atoms with E-state index < -0.39 is 0 Å². The Balaban J connectivity index is 0.00000225. The van der Waals surface area contributed by atoms with E-state index in [2.05, 4.69) is 6.92 Å². The van der Waals surface area contributed by atoms with Crippen molar-refractivity contribution in [2.45, 2.75) is 32.2 Å². The molecule has 0 aromatic heterocycles. The molecule has 1 aromatic carbocycles. The zero-order valence-electron chi connectivity index (χ0n) is 9.70. The Labute approximate surface area is 102 Å². The van der Waals surface area contributed by atoms with E-state index >= 15 is 0 Å². The predicted octanol–water partition coefficient (Wildman–Crippen LogP) is 3.45. The predicted molar refractivity (Wildman–Crippen MR) is 66.7 cm³/mol. The third-order valence-corrected chi connectivity index (χ3v) is 2.47. The van der Waals surface area contributed by atoms with Crippen molar-refractivity contribution in [1.29, 1.82) is 0 Å². The maximum atomic E-state index is 13.4. The molecular weight excluding hydrogens is 229 g/mol. The number of methoxy groups -OCH3 is 1. The molecule has 0 aliphatic heterocycles. The van der Waals surface area contributed by atoms with Crippen molar-refractivity contribution in [1.82, 2.24) is 0 Å². The Morgan fingerprint density at radius 3 is 2.69 bits per heavy atom. The molecule has 1 atom stereocenters. The molecule has 0 bridgehead atoms. The highest BCUT2D eigenvalue weighted by atomic mass is 35.5. The second kappa shape index (κ2) is 7.47. The summed E-state index contributed by atoms with van der Waals surface area (Å²) in [6, 6.07) is 4.73. The number of hydrogen-bond acceptors (Lipinski definition) is 2. The number of rotatable bonds is 5. The molecule has 0 spiro atoms. The second-order valence-electron chi connectivity index (χ2n) is 3.61. The van der Waals surface area contributed by atoms with E-state index in [1.807, 2.05) is 6.07 Å². The minimum absolute atomic E-state index is 0. The number of hydrogen-bond donors (Lipinski definition) is 1. The minimum Gasteiger partial charge on any atom is -0.493 e. The number of halogens is 2. The zero-order valence-corrected chi connectivity index (χ0v) is 10.5. The summed E-state index contributed by atoms with van der Waals surface area (Å²) in [7, 11) is 1.47. The van der Waals surface area contributed by atoms with Crippen LogP contribution in [0.2, 0.25) is 0 Å². The van der Waals surface area contributed by atoms with Gasteiger partial charge in [-0.1, -0.05) is 31.9 Å².